The van der Waals surface area contributed by atoms with Crippen LogP contribution in [0.3, 0.4) is 0 Å². The van der Waals surface area contributed by atoms with E-state index in [9.17, 15) is 14.4 Å². The summed E-state index contributed by atoms with van der Waals surface area (Å²) < 4.78 is 0. The van der Waals surface area contributed by atoms with Crippen molar-refractivity contribution >= 4 is 17.6 Å². The van der Waals surface area contributed by atoms with Gasteiger partial charge in [-0.25, -0.2) is 0 Å². The van der Waals surface area contributed by atoms with E-state index in [1.165, 1.54) is 4.90 Å². The third-order valence-electron chi connectivity index (χ3n) is 3.32. The summed E-state index contributed by atoms with van der Waals surface area (Å²) in [6.45, 7) is 11.9. The summed E-state index contributed by atoms with van der Waals surface area (Å²) in [7, 11) is 1.57. The van der Waals surface area contributed by atoms with Gasteiger partial charge in [0.1, 0.15) is 11.8 Å². The van der Waals surface area contributed by atoms with E-state index in [0.29, 0.717) is 19.5 Å². The second-order valence-corrected chi connectivity index (χ2v) is 8.24. The van der Waals surface area contributed by atoms with Gasteiger partial charge in [-0.3, -0.25) is 14.4 Å². The Hall–Kier alpha value is -1.43. The molecule has 134 valence electrons. The number of likely N-dealkylation sites (N-methyl/N-ethyl adjacent to an activating group) is 1. The van der Waals surface area contributed by atoms with Gasteiger partial charge >= 0.3 is 0 Å². The predicted molar refractivity (Wildman–Crippen MR) is 91.8 cm³/mol. The standard InChI is InChI=1S/C17H33N3O3/c1-16(2,3)11-12(21)10-13(14(22)19-9-8-18)20(7)15(23)17(4,5)6/h13H,8-11,18H2,1-7H3,(H,19,22). The average molecular weight is 327 g/mol. The lowest BCUT2D eigenvalue weighted by Gasteiger charge is -2.32. The van der Waals surface area contributed by atoms with Crippen LogP contribution in [-0.2, 0) is 14.4 Å². The van der Waals surface area contributed by atoms with Crippen LogP contribution in [0.4, 0.5) is 0 Å². The molecule has 1 unspecified atom stereocenters. The van der Waals surface area contributed by atoms with E-state index in [4.69, 9.17) is 5.73 Å². The zero-order chi connectivity index (χ0) is 18.4. The van der Waals surface area contributed by atoms with Gasteiger partial charge in [-0.15, -0.1) is 0 Å². The molecule has 0 aromatic heterocycles. The van der Waals surface area contributed by atoms with Crippen molar-refractivity contribution in [2.75, 3.05) is 20.1 Å². The molecule has 0 aromatic carbocycles. The first-order valence-electron chi connectivity index (χ1n) is 8.06. The van der Waals surface area contributed by atoms with Crippen molar-refractivity contribution in [1.82, 2.24) is 10.2 Å². The summed E-state index contributed by atoms with van der Waals surface area (Å²) in [5.74, 6) is -0.536. The molecule has 0 saturated carbocycles. The zero-order valence-electron chi connectivity index (χ0n) is 15.7. The molecule has 3 N–H and O–H groups in total. The van der Waals surface area contributed by atoms with E-state index in [-0.39, 0.29) is 29.4 Å². The molecule has 6 heteroatoms. The maximum atomic E-state index is 12.5. The smallest absolute Gasteiger partial charge is 0.243 e. The molecule has 23 heavy (non-hydrogen) atoms. The van der Waals surface area contributed by atoms with E-state index >= 15 is 0 Å². The van der Waals surface area contributed by atoms with Crippen LogP contribution in [0, 0.1) is 10.8 Å². The predicted octanol–water partition coefficient (Wildman–Crippen LogP) is 1.33. The summed E-state index contributed by atoms with van der Waals surface area (Å²) in [6, 6.07) is -0.803. The molecule has 0 heterocycles. The molecule has 2 amide bonds. The number of nitrogens with zero attached hydrogens (tertiary/aromatic N) is 1. The molecule has 0 rings (SSSR count). The van der Waals surface area contributed by atoms with Crippen LogP contribution in [0.2, 0.25) is 0 Å². The van der Waals surface area contributed by atoms with Gasteiger partial charge in [0.05, 0.1) is 0 Å². The summed E-state index contributed by atoms with van der Waals surface area (Å²) in [4.78, 5) is 38.5. The van der Waals surface area contributed by atoms with Crippen molar-refractivity contribution in [3.63, 3.8) is 0 Å². The fraction of sp³-hybridized carbons (Fsp3) is 0.824. The van der Waals surface area contributed by atoms with Crippen LogP contribution in [0.25, 0.3) is 0 Å². The second-order valence-electron chi connectivity index (χ2n) is 8.24. The van der Waals surface area contributed by atoms with Crippen LogP contribution in [0.5, 0.6) is 0 Å². The van der Waals surface area contributed by atoms with E-state index in [0.717, 1.165) is 0 Å². The minimum absolute atomic E-state index is 0.0198. The largest absolute Gasteiger partial charge is 0.353 e. The maximum absolute atomic E-state index is 12.5. The van der Waals surface area contributed by atoms with Crippen molar-refractivity contribution in [3.05, 3.63) is 0 Å². The van der Waals surface area contributed by atoms with Gasteiger partial charge in [0.2, 0.25) is 11.8 Å². The lowest BCUT2D eigenvalue weighted by molar-refractivity contribution is -0.146. The normalized spacial score (nSPS) is 13.4. The molecule has 0 aliphatic heterocycles. The van der Waals surface area contributed by atoms with Crippen molar-refractivity contribution in [2.45, 2.75) is 60.4 Å². The number of nitrogens with one attached hydrogen (secondary N) is 1. The molecule has 0 saturated heterocycles. The molecule has 0 radical (unpaired) electrons. The highest BCUT2D eigenvalue weighted by molar-refractivity contribution is 5.93. The van der Waals surface area contributed by atoms with Gasteiger partial charge in [0, 0.05) is 38.4 Å². The topological polar surface area (TPSA) is 92.5 Å². The molecule has 0 aliphatic carbocycles. The SMILES string of the molecule is CN(C(=O)C(C)(C)C)C(CC(=O)CC(C)(C)C)C(=O)NCCN. The first kappa shape index (κ1) is 21.6. The van der Waals surface area contributed by atoms with E-state index in [2.05, 4.69) is 5.32 Å². The van der Waals surface area contributed by atoms with Crippen LogP contribution in [0.1, 0.15) is 54.4 Å². The molecule has 0 aliphatic rings. The lowest BCUT2D eigenvalue weighted by atomic mass is 9.87. The summed E-state index contributed by atoms with van der Waals surface area (Å²) in [5, 5.41) is 2.68. The number of carbonyl (C=O) groups excluding carboxylic acids is 3. The fourth-order valence-corrected chi connectivity index (χ4v) is 2.27. The Morgan fingerprint density at radius 3 is 2.00 bits per heavy atom. The van der Waals surface area contributed by atoms with Gasteiger partial charge in [0.15, 0.2) is 0 Å². The van der Waals surface area contributed by atoms with Crippen molar-refractivity contribution in [1.29, 1.82) is 0 Å². The Balaban J connectivity index is 5.20. The van der Waals surface area contributed by atoms with Gasteiger partial charge in [-0.2, -0.15) is 0 Å². The molecule has 0 spiro atoms. The number of hydrogen-bond acceptors (Lipinski definition) is 4. The number of nitrogens with two attached hydrogens (primary N) is 1. The van der Waals surface area contributed by atoms with Gasteiger partial charge in [-0.05, 0) is 5.41 Å². The monoisotopic (exact) mass is 327 g/mol. The number of amides is 2. The van der Waals surface area contributed by atoms with Gasteiger partial charge < -0.3 is 16.0 Å². The van der Waals surface area contributed by atoms with Crippen LogP contribution in [-0.4, -0.2) is 48.7 Å². The fourth-order valence-electron chi connectivity index (χ4n) is 2.27. The van der Waals surface area contributed by atoms with E-state index < -0.39 is 11.5 Å². The van der Waals surface area contributed by atoms with Crippen molar-refractivity contribution in [2.24, 2.45) is 16.6 Å². The van der Waals surface area contributed by atoms with E-state index in [1.807, 2.05) is 20.8 Å². The third-order valence-corrected chi connectivity index (χ3v) is 3.32. The van der Waals surface area contributed by atoms with Crippen LogP contribution >= 0.6 is 0 Å². The zero-order valence-corrected chi connectivity index (χ0v) is 15.7. The highest BCUT2D eigenvalue weighted by Crippen LogP contribution is 2.23. The summed E-state index contributed by atoms with van der Waals surface area (Å²) in [6.07, 6.45) is 0.386. The Morgan fingerprint density at radius 1 is 1.09 bits per heavy atom. The van der Waals surface area contributed by atoms with Gasteiger partial charge in [0.25, 0.3) is 0 Å². The van der Waals surface area contributed by atoms with Crippen molar-refractivity contribution < 1.29 is 14.4 Å². The van der Waals surface area contributed by atoms with E-state index in [1.54, 1.807) is 27.8 Å². The number of ketones is 1. The minimum Gasteiger partial charge on any atom is -0.353 e. The molecular weight excluding hydrogens is 294 g/mol. The minimum atomic E-state index is -0.803. The first-order chi connectivity index (χ1) is 10.3. The number of hydrogen-bond donors (Lipinski definition) is 2. The summed E-state index contributed by atoms with van der Waals surface area (Å²) in [5.41, 5.74) is 4.64. The maximum Gasteiger partial charge on any atom is 0.243 e. The van der Waals surface area contributed by atoms with Crippen LogP contribution in [0.15, 0.2) is 0 Å². The molecular formula is C17H33N3O3. The number of rotatable bonds is 7. The molecule has 0 bridgehead atoms. The quantitative estimate of drug-likeness (QED) is 0.738. The Bertz CT molecular complexity index is 433. The lowest BCUT2D eigenvalue weighted by Crippen LogP contribution is -2.52. The summed E-state index contributed by atoms with van der Waals surface area (Å²) >= 11 is 0. The molecule has 0 fully saturated rings. The third kappa shape index (κ3) is 8.11. The molecule has 0 aromatic rings. The van der Waals surface area contributed by atoms with Gasteiger partial charge in [-0.1, -0.05) is 41.5 Å². The Morgan fingerprint density at radius 2 is 1.61 bits per heavy atom. The highest BCUT2D eigenvalue weighted by atomic mass is 16.2. The Kier molecular flexibility index (Phi) is 7.91. The molecule has 1 atom stereocenters. The van der Waals surface area contributed by atoms with Crippen molar-refractivity contribution in [3.8, 4) is 0 Å². The highest BCUT2D eigenvalue weighted by Gasteiger charge is 2.34. The van der Waals surface area contributed by atoms with Crippen LogP contribution < -0.4 is 11.1 Å². The Labute approximate surface area is 140 Å². The number of carbonyl (C=O) groups is 3. The first-order valence-corrected chi connectivity index (χ1v) is 8.06. The number of Topliss-reactive ketones (excluding diaryl/α,β-unsaturated/α-hetero) is 1. The second kappa shape index (κ2) is 8.43. The molecule has 6 nitrogen and oxygen atoms in total. The average Bonchev–Trinajstić information content (AvgIpc) is 2.37.